The smallest absolute Gasteiger partial charge is 0.0667 e. The molecule has 0 aromatic heterocycles. The lowest BCUT2D eigenvalue weighted by Gasteiger charge is -2.19. The maximum Gasteiger partial charge on any atom is 0.0667 e. The van der Waals surface area contributed by atoms with Gasteiger partial charge in [0.15, 0.2) is 0 Å². The molecule has 0 rings (SSSR count). The van der Waals surface area contributed by atoms with Gasteiger partial charge in [-0.25, -0.2) is 0 Å². The lowest BCUT2D eigenvalue weighted by atomic mass is 10.1. The molecule has 14 heavy (non-hydrogen) atoms. The molecule has 0 fully saturated rings. The van der Waals surface area contributed by atoms with Gasteiger partial charge in [0.2, 0.25) is 0 Å². The average Bonchev–Trinajstić information content (AvgIpc) is 2.21. The van der Waals surface area contributed by atoms with Crippen LogP contribution in [0.4, 0.5) is 0 Å². The Hall–Kier alpha value is -0.160. The molecule has 0 aliphatic carbocycles. The molecule has 0 heterocycles. The van der Waals surface area contributed by atoms with Crippen LogP contribution in [-0.2, 0) is 9.47 Å². The van der Waals surface area contributed by atoms with E-state index in [1.54, 1.807) is 14.2 Å². The molecular weight excluding hydrogens is 180 g/mol. The van der Waals surface area contributed by atoms with Crippen LogP contribution in [0, 0.1) is 0 Å². The highest BCUT2D eigenvalue weighted by Crippen LogP contribution is 1.97. The van der Waals surface area contributed by atoms with Crippen molar-refractivity contribution in [1.82, 2.24) is 5.32 Å². The van der Waals surface area contributed by atoms with Gasteiger partial charge in [-0.05, 0) is 26.3 Å². The van der Waals surface area contributed by atoms with E-state index < -0.39 is 0 Å². The molecule has 4 nitrogen and oxygen atoms in total. The molecule has 0 radical (unpaired) electrons. The Labute approximate surface area is 87.1 Å². The summed E-state index contributed by atoms with van der Waals surface area (Å²) in [5.41, 5.74) is 5.46. The van der Waals surface area contributed by atoms with Crippen molar-refractivity contribution in [3.8, 4) is 0 Å². The van der Waals surface area contributed by atoms with Crippen molar-refractivity contribution >= 4 is 0 Å². The number of nitrogens with two attached hydrogens (primary N) is 1. The summed E-state index contributed by atoms with van der Waals surface area (Å²) in [6, 6.07) is 0.390. The lowest BCUT2D eigenvalue weighted by Crippen LogP contribution is -2.38. The fourth-order valence-electron chi connectivity index (χ4n) is 1.23. The first kappa shape index (κ1) is 13.8. The van der Waals surface area contributed by atoms with Crippen LogP contribution < -0.4 is 11.1 Å². The van der Waals surface area contributed by atoms with E-state index in [4.69, 9.17) is 15.2 Å². The van der Waals surface area contributed by atoms with Gasteiger partial charge in [-0.1, -0.05) is 0 Å². The van der Waals surface area contributed by atoms with Crippen LogP contribution in [0.2, 0.25) is 0 Å². The topological polar surface area (TPSA) is 56.5 Å². The molecule has 0 amide bonds. The van der Waals surface area contributed by atoms with Crippen molar-refractivity contribution in [3.05, 3.63) is 0 Å². The van der Waals surface area contributed by atoms with E-state index in [1.807, 2.05) is 6.92 Å². The molecule has 0 saturated heterocycles. The highest BCUT2D eigenvalue weighted by Gasteiger charge is 2.08. The van der Waals surface area contributed by atoms with E-state index in [0.717, 1.165) is 32.5 Å². The van der Waals surface area contributed by atoms with Crippen LogP contribution in [0.1, 0.15) is 19.8 Å². The first-order chi connectivity index (χ1) is 6.74. The second-order valence-electron chi connectivity index (χ2n) is 3.54. The van der Waals surface area contributed by atoms with Crippen molar-refractivity contribution in [2.75, 3.05) is 33.9 Å². The Morgan fingerprint density at radius 2 is 2.07 bits per heavy atom. The summed E-state index contributed by atoms with van der Waals surface area (Å²) >= 11 is 0. The maximum absolute atomic E-state index is 5.46. The summed E-state index contributed by atoms with van der Waals surface area (Å²) in [6.07, 6.45) is 2.33. The van der Waals surface area contributed by atoms with Crippen LogP contribution in [0.3, 0.4) is 0 Å². The fraction of sp³-hybridized carbons (Fsp3) is 1.00. The number of hydrogen-bond acceptors (Lipinski definition) is 4. The highest BCUT2D eigenvalue weighted by molar-refractivity contribution is 4.68. The Bertz CT molecular complexity index is 123. The minimum absolute atomic E-state index is 0.243. The molecule has 3 N–H and O–H groups in total. The normalized spacial score (nSPS) is 15.4. The van der Waals surface area contributed by atoms with Gasteiger partial charge in [0.1, 0.15) is 0 Å². The summed E-state index contributed by atoms with van der Waals surface area (Å²) < 4.78 is 10.3. The predicted octanol–water partition coefficient (Wildman–Crippen LogP) is 0.365. The minimum atomic E-state index is 0.243. The Balaban J connectivity index is 3.60. The van der Waals surface area contributed by atoms with E-state index in [2.05, 4.69) is 5.32 Å². The van der Waals surface area contributed by atoms with Gasteiger partial charge in [-0.2, -0.15) is 0 Å². The molecule has 86 valence electrons. The molecule has 0 aromatic rings. The molecular formula is C10H24N2O2. The highest BCUT2D eigenvalue weighted by atomic mass is 16.5. The molecule has 0 spiro atoms. The van der Waals surface area contributed by atoms with Gasteiger partial charge in [0.05, 0.1) is 12.7 Å². The molecule has 0 aromatic carbocycles. The zero-order chi connectivity index (χ0) is 10.8. The quantitative estimate of drug-likeness (QED) is 0.569. The Kier molecular flexibility index (Phi) is 9.29. The molecule has 2 atom stereocenters. The second kappa shape index (κ2) is 9.40. The second-order valence-corrected chi connectivity index (χ2v) is 3.54. The molecule has 4 heteroatoms. The van der Waals surface area contributed by atoms with Crippen molar-refractivity contribution in [2.45, 2.75) is 31.9 Å². The number of ether oxygens (including phenoxy) is 2. The molecule has 2 unspecified atom stereocenters. The van der Waals surface area contributed by atoms with E-state index in [9.17, 15) is 0 Å². The molecule has 0 saturated carbocycles. The lowest BCUT2D eigenvalue weighted by molar-refractivity contribution is 0.103. The van der Waals surface area contributed by atoms with Crippen molar-refractivity contribution < 1.29 is 9.47 Å². The summed E-state index contributed by atoms with van der Waals surface area (Å²) in [6.45, 7) is 4.37. The first-order valence-electron chi connectivity index (χ1n) is 5.19. The van der Waals surface area contributed by atoms with Crippen molar-refractivity contribution in [2.24, 2.45) is 5.73 Å². The Morgan fingerprint density at radius 1 is 1.36 bits per heavy atom. The molecule has 0 bridgehead atoms. The SMILES string of the molecule is COCC(CCCN)NCC(C)OC. The van der Waals surface area contributed by atoms with Crippen LogP contribution in [0.25, 0.3) is 0 Å². The maximum atomic E-state index is 5.46. The van der Waals surface area contributed by atoms with Gasteiger partial charge in [-0.15, -0.1) is 0 Å². The predicted molar refractivity (Wildman–Crippen MR) is 58.4 cm³/mol. The fourth-order valence-corrected chi connectivity index (χ4v) is 1.23. The first-order valence-corrected chi connectivity index (χ1v) is 5.19. The summed E-state index contributed by atoms with van der Waals surface area (Å²) in [4.78, 5) is 0. The van der Waals surface area contributed by atoms with Crippen molar-refractivity contribution in [3.63, 3.8) is 0 Å². The van der Waals surface area contributed by atoms with E-state index in [0.29, 0.717) is 6.04 Å². The third-order valence-electron chi connectivity index (χ3n) is 2.22. The minimum Gasteiger partial charge on any atom is -0.383 e. The van der Waals surface area contributed by atoms with Crippen LogP contribution in [-0.4, -0.2) is 46.1 Å². The van der Waals surface area contributed by atoms with Gasteiger partial charge in [-0.3, -0.25) is 0 Å². The Morgan fingerprint density at radius 3 is 2.57 bits per heavy atom. The summed E-state index contributed by atoms with van der Waals surface area (Å²) in [7, 11) is 3.44. The van der Waals surface area contributed by atoms with E-state index in [-0.39, 0.29) is 6.10 Å². The molecule has 0 aliphatic rings. The number of nitrogens with one attached hydrogen (secondary N) is 1. The molecule has 0 aliphatic heterocycles. The zero-order valence-corrected chi connectivity index (χ0v) is 9.58. The summed E-state index contributed by atoms with van der Waals surface area (Å²) in [5.74, 6) is 0. The van der Waals surface area contributed by atoms with Crippen LogP contribution >= 0.6 is 0 Å². The van der Waals surface area contributed by atoms with Gasteiger partial charge >= 0.3 is 0 Å². The standard InChI is InChI=1S/C10H24N2O2/c1-9(14-3)7-12-10(8-13-2)5-4-6-11/h9-10,12H,4-8,11H2,1-3H3. The third-order valence-corrected chi connectivity index (χ3v) is 2.22. The number of rotatable bonds is 9. The third kappa shape index (κ3) is 7.26. The summed E-state index contributed by atoms with van der Waals surface area (Å²) in [5, 5.41) is 3.40. The van der Waals surface area contributed by atoms with E-state index in [1.165, 1.54) is 0 Å². The van der Waals surface area contributed by atoms with Gasteiger partial charge < -0.3 is 20.5 Å². The van der Waals surface area contributed by atoms with E-state index >= 15 is 0 Å². The average molecular weight is 204 g/mol. The zero-order valence-electron chi connectivity index (χ0n) is 9.58. The largest absolute Gasteiger partial charge is 0.383 e. The number of methoxy groups -OCH3 is 2. The van der Waals surface area contributed by atoms with Crippen LogP contribution in [0.15, 0.2) is 0 Å². The van der Waals surface area contributed by atoms with Crippen LogP contribution in [0.5, 0.6) is 0 Å². The van der Waals surface area contributed by atoms with Gasteiger partial charge in [0.25, 0.3) is 0 Å². The van der Waals surface area contributed by atoms with Gasteiger partial charge in [0, 0.05) is 26.8 Å². The monoisotopic (exact) mass is 204 g/mol. The number of hydrogen-bond donors (Lipinski definition) is 2. The van der Waals surface area contributed by atoms with Crippen molar-refractivity contribution in [1.29, 1.82) is 0 Å².